The van der Waals surface area contributed by atoms with Crippen LogP contribution in [0, 0.1) is 15.5 Å². The fraction of sp³-hybridized carbons (Fsp3) is 0.200. The molecule has 11 nitrogen and oxygen atoms in total. The lowest BCUT2D eigenvalue weighted by Crippen LogP contribution is -2.39. The molecule has 5 rings (SSSR count). The maximum Gasteiger partial charge on any atom is 0.283 e. The van der Waals surface area contributed by atoms with E-state index < -0.39 is 10.8 Å². The lowest BCUT2D eigenvalue weighted by Gasteiger charge is -2.26. The topological polar surface area (TPSA) is 138 Å². The zero-order valence-corrected chi connectivity index (χ0v) is 17.4. The summed E-state index contributed by atoms with van der Waals surface area (Å²) in [5, 5.41) is 26.1. The summed E-state index contributed by atoms with van der Waals surface area (Å²) in [4.78, 5) is 29.1. The minimum Gasteiger partial charge on any atom is -0.457 e. The Kier molecular flexibility index (Phi) is 5.07. The number of amides is 1. The third-order valence-corrected chi connectivity index (χ3v) is 5.97. The summed E-state index contributed by atoms with van der Waals surface area (Å²) in [7, 11) is 0. The standard InChI is InChI=1S/C20H16N6O5S/c21-17-15(11-14-5-6-16(31-14)12-1-3-13(4-2-12)26(28)29)18(27)22-19-25(17)23-20(32-19)24-7-9-30-10-8-24/h1-6,11,21H,7-10H2/b15-11+,21-17?. The summed E-state index contributed by atoms with van der Waals surface area (Å²) in [6, 6.07) is 9.30. The van der Waals surface area contributed by atoms with Crippen molar-refractivity contribution in [3.63, 3.8) is 0 Å². The number of nitrogens with zero attached hydrogens (tertiary/aromatic N) is 5. The molecule has 2 aromatic rings. The quantitative estimate of drug-likeness (QED) is 0.426. The summed E-state index contributed by atoms with van der Waals surface area (Å²) in [6.45, 7) is 2.58. The lowest BCUT2D eigenvalue weighted by molar-refractivity contribution is -0.384. The van der Waals surface area contributed by atoms with Gasteiger partial charge in [0, 0.05) is 30.8 Å². The first-order chi connectivity index (χ1) is 15.5. The molecule has 0 atom stereocenters. The van der Waals surface area contributed by atoms with E-state index in [0.29, 0.717) is 53.7 Å². The van der Waals surface area contributed by atoms with Gasteiger partial charge in [-0.25, -0.2) is 0 Å². The van der Waals surface area contributed by atoms with E-state index in [0.717, 1.165) is 0 Å². The van der Waals surface area contributed by atoms with E-state index in [4.69, 9.17) is 14.6 Å². The Morgan fingerprint density at radius 1 is 1.12 bits per heavy atom. The van der Waals surface area contributed by atoms with Gasteiger partial charge in [-0.3, -0.25) is 20.3 Å². The van der Waals surface area contributed by atoms with Gasteiger partial charge in [-0.15, -0.1) is 5.10 Å². The van der Waals surface area contributed by atoms with Gasteiger partial charge >= 0.3 is 0 Å². The summed E-state index contributed by atoms with van der Waals surface area (Å²) < 4.78 is 11.1. The van der Waals surface area contributed by atoms with Crippen molar-refractivity contribution in [2.24, 2.45) is 10.1 Å². The molecule has 12 heteroatoms. The second-order valence-electron chi connectivity index (χ2n) is 7.01. The molecule has 32 heavy (non-hydrogen) atoms. The molecule has 1 N–H and O–H groups in total. The summed E-state index contributed by atoms with van der Waals surface area (Å²) in [6.07, 6.45) is 1.45. The molecule has 3 aliphatic heterocycles. The minimum absolute atomic E-state index is 0.0157. The number of non-ortho nitro benzene ring substituents is 1. The SMILES string of the molecule is N=C1/C(=C\c2ccc(-c3ccc([N+](=O)[O-])cc3)o2)C(=O)N=C2SC(N3CCOCC3)=NN12. The van der Waals surface area contributed by atoms with E-state index in [9.17, 15) is 14.9 Å². The van der Waals surface area contributed by atoms with E-state index in [1.807, 2.05) is 4.90 Å². The molecule has 0 saturated carbocycles. The molecule has 1 amide bonds. The Hall–Kier alpha value is -3.77. The lowest BCUT2D eigenvalue weighted by atomic mass is 10.1. The maximum atomic E-state index is 12.6. The number of nitro benzene ring substituents is 1. The number of fused-ring (bicyclic) bond motifs is 1. The fourth-order valence-electron chi connectivity index (χ4n) is 3.34. The predicted molar refractivity (Wildman–Crippen MR) is 118 cm³/mol. The number of hydrogen-bond acceptors (Lipinski definition) is 9. The Morgan fingerprint density at radius 3 is 2.59 bits per heavy atom. The molecule has 1 saturated heterocycles. The number of benzene rings is 1. The molecule has 0 unspecified atom stereocenters. The van der Waals surface area contributed by atoms with Crippen LogP contribution in [0.4, 0.5) is 5.69 Å². The Labute approximate surface area is 185 Å². The van der Waals surface area contributed by atoms with Crippen molar-refractivity contribution in [1.82, 2.24) is 9.91 Å². The smallest absolute Gasteiger partial charge is 0.283 e. The van der Waals surface area contributed by atoms with E-state index in [1.54, 1.807) is 24.3 Å². The van der Waals surface area contributed by atoms with Crippen LogP contribution in [0.15, 0.2) is 56.5 Å². The zero-order valence-electron chi connectivity index (χ0n) is 16.6. The van der Waals surface area contributed by atoms with Gasteiger partial charge in [-0.2, -0.15) is 10.0 Å². The molecule has 1 aromatic heterocycles. The van der Waals surface area contributed by atoms with Crippen LogP contribution in [0.25, 0.3) is 17.4 Å². The number of thioether (sulfide) groups is 1. The predicted octanol–water partition coefficient (Wildman–Crippen LogP) is 2.76. The Balaban J connectivity index is 1.38. The van der Waals surface area contributed by atoms with Crippen molar-refractivity contribution >= 4 is 45.6 Å². The molecule has 0 bridgehead atoms. The summed E-state index contributed by atoms with van der Waals surface area (Å²) in [5.74, 6) is 0.217. The molecule has 1 fully saturated rings. The number of amidine groups is 3. The highest BCUT2D eigenvalue weighted by Gasteiger charge is 2.37. The average molecular weight is 452 g/mol. The van der Waals surface area contributed by atoms with E-state index in [2.05, 4.69) is 10.1 Å². The molecule has 3 aliphatic rings. The number of morpholine rings is 1. The van der Waals surface area contributed by atoms with E-state index >= 15 is 0 Å². The van der Waals surface area contributed by atoms with Crippen molar-refractivity contribution in [2.75, 3.05) is 26.3 Å². The first-order valence-electron chi connectivity index (χ1n) is 9.67. The highest BCUT2D eigenvalue weighted by atomic mass is 32.2. The molecule has 4 heterocycles. The number of ether oxygens (including phenoxy) is 1. The highest BCUT2D eigenvalue weighted by Crippen LogP contribution is 2.31. The highest BCUT2D eigenvalue weighted by molar-refractivity contribution is 8.26. The number of aliphatic imine (C=N–C) groups is 1. The fourth-order valence-corrected chi connectivity index (χ4v) is 4.28. The normalized spacial score (nSPS) is 19.8. The molecule has 1 aromatic carbocycles. The van der Waals surface area contributed by atoms with Gasteiger partial charge in [0.15, 0.2) is 11.0 Å². The molecule has 0 aliphatic carbocycles. The number of carbonyl (C=O) groups excluding carboxylic acids is 1. The number of carbonyl (C=O) groups is 1. The second kappa shape index (κ2) is 8.05. The Bertz CT molecular complexity index is 1210. The summed E-state index contributed by atoms with van der Waals surface area (Å²) in [5.41, 5.74) is 0.699. The first kappa shape index (κ1) is 20.2. The maximum absolute atomic E-state index is 12.6. The van der Waals surface area contributed by atoms with Crippen LogP contribution in [-0.4, -0.2) is 63.2 Å². The van der Waals surface area contributed by atoms with E-state index in [1.165, 1.54) is 35.0 Å². The summed E-state index contributed by atoms with van der Waals surface area (Å²) >= 11 is 1.26. The number of nitrogens with one attached hydrogen (secondary N) is 1. The van der Waals surface area contributed by atoms with Gasteiger partial charge in [-0.05, 0) is 42.1 Å². The van der Waals surface area contributed by atoms with Gasteiger partial charge < -0.3 is 14.1 Å². The van der Waals surface area contributed by atoms with Crippen molar-refractivity contribution in [2.45, 2.75) is 0 Å². The second-order valence-corrected chi connectivity index (χ2v) is 7.94. The van der Waals surface area contributed by atoms with Crippen LogP contribution in [0.5, 0.6) is 0 Å². The van der Waals surface area contributed by atoms with Gasteiger partial charge in [-0.1, -0.05) is 0 Å². The van der Waals surface area contributed by atoms with Crippen LogP contribution in [0.3, 0.4) is 0 Å². The minimum atomic E-state index is -0.541. The van der Waals surface area contributed by atoms with Crippen molar-refractivity contribution < 1.29 is 18.9 Å². The first-order valence-corrected chi connectivity index (χ1v) is 10.5. The van der Waals surface area contributed by atoms with Crippen LogP contribution in [0.2, 0.25) is 0 Å². The van der Waals surface area contributed by atoms with Crippen LogP contribution in [-0.2, 0) is 9.53 Å². The van der Waals surface area contributed by atoms with Crippen LogP contribution in [0.1, 0.15) is 5.76 Å². The largest absolute Gasteiger partial charge is 0.457 e. The van der Waals surface area contributed by atoms with Gasteiger partial charge in [0.1, 0.15) is 11.5 Å². The Morgan fingerprint density at radius 2 is 1.88 bits per heavy atom. The van der Waals surface area contributed by atoms with Crippen molar-refractivity contribution in [3.8, 4) is 11.3 Å². The van der Waals surface area contributed by atoms with Gasteiger partial charge in [0.25, 0.3) is 11.6 Å². The molecule has 0 spiro atoms. The number of rotatable bonds is 3. The third kappa shape index (κ3) is 3.69. The van der Waals surface area contributed by atoms with E-state index in [-0.39, 0.29) is 17.1 Å². The van der Waals surface area contributed by atoms with Crippen molar-refractivity contribution in [3.05, 3.63) is 57.8 Å². The molecular weight excluding hydrogens is 436 g/mol. The number of hydrogen-bond donors (Lipinski definition) is 1. The van der Waals surface area contributed by atoms with Gasteiger partial charge in [0.2, 0.25) is 5.17 Å². The van der Waals surface area contributed by atoms with Crippen LogP contribution < -0.4 is 0 Å². The number of furan rings is 1. The number of nitro groups is 1. The molecule has 0 radical (unpaired) electrons. The number of hydrazone groups is 1. The van der Waals surface area contributed by atoms with Crippen molar-refractivity contribution in [1.29, 1.82) is 5.41 Å². The zero-order chi connectivity index (χ0) is 22.2. The monoisotopic (exact) mass is 452 g/mol. The van der Waals surface area contributed by atoms with Gasteiger partial charge in [0.05, 0.1) is 23.7 Å². The molecular formula is C20H16N6O5S. The van der Waals surface area contributed by atoms with Crippen LogP contribution >= 0.6 is 11.8 Å². The molecule has 162 valence electrons. The third-order valence-electron chi connectivity index (χ3n) is 5.00. The average Bonchev–Trinajstić information content (AvgIpc) is 3.45.